The standard InChI is InChI=1S/C26H32N2O2/c1-7-12-28-24-13-18(3)21(15-23(24)19(4)16-26(28,5)6)17-27-22-11-9-10-20(14-22)25(29)30-8-2/h9-11,13-17H,7-8,12H2,1-6H3. The van der Waals surface area contributed by atoms with Crippen LogP contribution in [0, 0.1) is 6.92 Å². The minimum absolute atomic E-state index is 0.00266. The molecular weight excluding hydrogens is 372 g/mol. The zero-order valence-electron chi connectivity index (χ0n) is 19.0. The van der Waals surface area contributed by atoms with Gasteiger partial charge in [0.1, 0.15) is 0 Å². The van der Waals surface area contributed by atoms with Crippen LogP contribution in [0.5, 0.6) is 0 Å². The summed E-state index contributed by atoms with van der Waals surface area (Å²) in [6, 6.07) is 11.7. The van der Waals surface area contributed by atoms with E-state index in [4.69, 9.17) is 4.74 Å². The number of fused-ring (bicyclic) bond motifs is 1. The van der Waals surface area contributed by atoms with E-state index in [9.17, 15) is 4.79 Å². The lowest BCUT2D eigenvalue weighted by molar-refractivity contribution is 0.0526. The van der Waals surface area contributed by atoms with Gasteiger partial charge in [-0.3, -0.25) is 4.99 Å². The first-order chi connectivity index (χ1) is 14.3. The minimum atomic E-state index is -0.320. The molecule has 0 bridgehead atoms. The van der Waals surface area contributed by atoms with Gasteiger partial charge in [-0.15, -0.1) is 0 Å². The highest BCUT2D eigenvalue weighted by Crippen LogP contribution is 2.40. The van der Waals surface area contributed by atoms with Crippen molar-refractivity contribution in [2.75, 3.05) is 18.1 Å². The first-order valence-electron chi connectivity index (χ1n) is 10.7. The van der Waals surface area contributed by atoms with Crippen molar-refractivity contribution in [2.45, 2.75) is 53.5 Å². The summed E-state index contributed by atoms with van der Waals surface area (Å²) in [6.07, 6.45) is 5.34. The van der Waals surface area contributed by atoms with Crippen LogP contribution in [0.3, 0.4) is 0 Å². The molecule has 0 saturated heterocycles. The number of esters is 1. The summed E-state index contributed by atoms with van der Waals surface area (Å²) in [7, 11) is 0. The third kappa shape index (κ3) is 4.48. The third-order valence-corrected chi connectivity index (χ3v) is 5.52. The maximum absolute atomic E-state index is 12.0. The van der Waals surface area contributed by atoms with Crippen molar-refractivity contribution in [1.29, 1.82) is 0 Å². The van der Waals surface area contributed by atoms with Crippen LogP contribution in [0.2, 0.25) is 0 Å². The molecule has 2 aromatic rings. The second-order valence-corrected chi connectivity index (χ2v) is 8.39. The number of rotatable bonds is 6. The quantitative estimate of drug-likeness (QED) is 0.417. The SMILES string of the molecule is CCCN1c2cc(C)c(C=Nc3cccc(C(=O)OCC)c3)cc2C(C)=CC1(C)C. The molecule has 1 aliphatic rings. The molecule has 0 unspecified atom stereocenters. The van der Waals surface area contributed by atoms with E-state index in [1.54, 1.807) is 19.1 Å². The molecule has 0 N–H and O–H groups in total. The first kappa shape index (κ1) is 21.8. The smallest absolute Gasteiger partial charge is 0.338 e. The van der Waals surface area contributed by atoms with Crippen molar-refractivity contribution < 1.29 is 9.53 Å². The van der Waals surface area contributed by atoms with Gasteiger partial charge in [-0.25, -0.2) is 4.79 Å². The van der Waals surface area contributed by atoms with Crippen molar-refractivity contribution in [3.05, 3.63) is 64.7 Å². The number of benzene rings is 2. The van der Waals surface area contributed by atoms with E-state index in [0.717, 1.165) is 24.2 Å². The lowest BCUT2D eigenvalue weighted by Gasteiger charge is -2.43. The Morgan fingerprint density at radius 1 is 1.17 bits per heavy atom. The number of ether oxygens (including phenoxy) is 1. The normalized spacial score (nSPS) is 15.1. The molecule has 1 heterocycles. The summed E-state index contributed by atoms with van der Waals surface area (Å²) in [5.74, 6) is -0.320. The number of nitrogens with zero attached hydrogens (tertiary/aromatic N) is 2. The summed E-state index contributed by atoms with van der Waals surface area (Å²) < 4.78 is 5.08. The molecule has 0 spiro atoms. The van der Waals surface area contributed by atoms with E-state index in [1.807, 2.05) is 18.3 Å². The van der Waals surface area contributed by atoms with Gasteiger partial charge in [-0.05, 0) is 88.1 Å². The maximum Gasteiger partial charge on any atom is 0.338 e. The van der Waals surface area contributed by atoms with Crippen molar-refractivity contribution in [3.63, 3.8) is 0 Å². The summed E-state index contributed by atoms with van der Waals surface area (Å²) in [5, 5.41) is 0. The Morgan fingerprint density at radius 3 is 2.63 bits per heavy atom. The molecule has 4 heteroatoms. The number of aliphatic imine (C=N–C) groups is 1. The van der Waals surface area contributed by atoms with Crippen molar-refractivity contribution >= 4 is 29.1 Å². The predicted octanol–water partition coefficient (Wildman–Crippen LogP) is 6.33. The Morgan fingerprint density at radius 2 is 1.93 bits per heavy atom. The van der Waals surface area contributed by atoms with Gasteiger partial charge >= 0.3 is 5.97 Å². The van der Waals surface area contributed by atoms with Crippen LogP contribution in [0.25, 0.3) is 5.57 Å². The number of aryl methyl sites for hydroxylation is 1. The zero-order chi connectivity index (χ0) is 21.9. The Hall–Kier alpha value is -2.88. The molecule has 1 aliphatic heterocycles. The molecular formula is C26H32N2O2. The van der Waals surface area contributed by atoms with Gasteiger partial charge in [0.2, 0.25) is 0 Å². The van der Waals surface area contributed by atoms with E-state index >= 15 is 0 Å². The highest BCUT2D eigenvalue weighted by molar-refractivity contribution is 5.92. The fourth-order valence-corrected chi connectivity index (χ4v) is 4.09. The molecule has 3 rings (SSSR count). The molecule has 0 radical (unpaired) electrons. The highest BCUT2D eigenvalue weighted by Gasteiger charge is 2.31. The van der Waals surface area contributed by atoms with Crippen LogP contribution in [-0.2, 0) is 4.74 Å². The average molecular weight is 405 g/mol. The Labute approximate surface area is 180 Å². The van der Waals surface area contributed by atoms with Crippen LogP contribution < -0.4 is 4.90 Å². The van der Waals surface area contributed by atoms with Gasteiger partial charge in [-0.1, -0.05) is 19.1 Å². The molecule has 0 saturated carbocycles. The van der Waals surface area contributed by atoms with Crippen molar-refractivity contribution in [3.8, 4) is 0 Å². The maximum atomic E-state index is 12.0. The fraction of sp³-hybridized carbons (Fsp3) is 0.385. The summed E-state index contributed by atoms with van der Waals surface area (Å²) in [5.41, 5.74) is 7.37. The molecule has 0 atom stereocenters. The van der Waals surface area contributed by atoms with E-state index in [1.165, 1.54) is 22.4 Å². The second-order valence-electron chi connectivity index (χ2n) is 8.39. The monoisotopic (exact) mass is 404 g/mol. The second kappa shape index (κ2) is 8.86. The number of allylic oxidation sites excluding steroid dienone is 1. The van der Waals surface area contributed by atoms with Gasteiger partial charge in [0.25, 0.3) is 0 Å². The van der Waals surface area contributed by atoms with Crippen molar-refractivity contribution in [1.82, 2.24) is 0 Å². The minimum Gasteiger partial charge on any atom is -0.462 e. The average Bonchev–Trinajstić information content (AvgIpc) is 2.70. The predicted molar refractivity (Wildman–Crippen MR) is 126 cm³/mol. The van der Waals surface area contributed by atoms with Gasteiger partial charge < -0.3 is 9.64 Å². The molecule has 2 aromatic carbocycles. The molecule has 0 fully saturated rings. The molecule has 0 amide bonds. The first-order valence-corrected chi connectivity index (χ1v) is 10.7. The fourth-order valence-electron chi connectivity index (χ4n) is 4.09. The van der Waals surface area contributed by atoms with Gasteiger partial charge in [0, 0.05) is 24.0 Å². The van der Waals surface area contributed by atoms with Gasteiger partial charge in [-0.2, -0.15) is 0 Å². The summed E-state index contributed by atoms with van der Waals surface area (Å²) in [6.45, 7) is 14.3. The van der Waals surface area contributed by atoms with E-state index in [-0.39, 0.29) is 11.5 Å². The topological polar surface area (TPSA) is 41.9 Å². The van der Waals surface area contributed by atoms with Crippen molar-refractivity contribution in [2.24, 2.45) is 4.99 Å². The molecule has 4 nitrogen and oxygen atoms in total. The summed E-state index contributed by atoms with van der Waals surface area (Å²) in [4.78, 5) is 19.1. The van der Waals surface area contributed by atoms with Crippen LogP contribution in [0.1, 0.15) is 68.1 Å². The van der Waals surface area contributed by atoms with Crippen LogP contribution in [0.4, 0.5) is 11.4 Å². The lowest BCUT2D eigenvalue weighted by atomic mass is 9.87. The molecule has 158 valence electrons. The molecule has 30 heavy (non-hydrogen) atoms. The largest absolute Gasteiger partial charge is 0.462 e. The third-order valence-electron chi connectivity index (χ3n) is 5.52. The molecule has 0 aromatic heterocycles. The zero-order valence-corrected chi connectivity index (χ0v) is 19.0. The Kier molecular flexibility index (Phi) is 6.45. The van der Waals surface area contributed by atoms with E-state index in [0.29, 0.717) is 12.2 Å². The number of hydrogen-bond acceptors (Lipinski definition) is 4. The van der Waals surface area contributed by atoms with E-state index < -0.39 is 0 Å². The number of anilines is 1. The van der Waals surface area contributed by atoms with Gasteiger partial charge in [0.15, 0.2) is 0 Å². The number of carbonyl (C=O) groups excluding carboxylic acids is 1. The number of hydrogen-bond donors (Lipinski definition) is 0. The molecule has 0 aliphatic carbocycles. The highest BCUT2D eigenvalue weighted by atomic mass is 16.5. The Bertz CT molecular complexity index is 1000. The van der Waals surface area contributed by atoms with Gasteiger partial charge in [0.05, 0.1) is 23.4 Å². The van der Waals surface area contributed by atoms with Crippen LogP contribution >= 0.6 is 0 Å². The van der Waals surface area contributed by atoms with Crippen LogP contribution in [-0.4, -0.2) is 30.9 Å². The number of carbonyl (C=O) groups is 1. The Balaban J connectivity index is 1.95. The summed E-state index contributed by atoms with van der Waals surface area (Å²) >= 11 is 0. The van der Waals surface area contributed by atoms with Crippen LogP contribution in [0.15, 0.2) is 47.5 Å². The lowest BCUT2D eigenvalue weighted by Crippen LogP contribution is -2.45. The van der Waals surface area contributed by atoms with E-state index in [2.05, 4.69) is 62.7 Å².